The number of anilines is 1. The van der Waals surface area contributed by atoms with Crippen LogP contribution in [-0.4, -0.2) is 29.3 Å². The first-order chi connectivity index (χ1) is 11.9. The van der Waals surface area contributed by atoms with Crippen LogP contribution in [0.15, 0.2) is 46.9 Å². The fourth-order valence-electron chi connectivity index (χ4n) is 2.75. The van der Waals surface area contributed by atoms with Crippen LogP contribution in [0.3, 0.4) is 0 Å². The van der Waals surface area contributed by atoms with Crippen LogP contribution < -0.4 is 9.64 Å². The van der Waals surface area contributed by atoms with Gasteiger partial charge in [-0.05, 0) is 42.8 Å². The van der Waals surface area contributed by atoms with E-state index >= 15 is 0 Å². The Balaban J connectivity index is 2.08. The van der Waals surface area contributed by atoms with E-state index in [-0.39, 0.29) is 22.1 Å². The summed E-state index contributed by atoms with van der Waals surface area (Å²) >= 11 is 4.79. The molecule has 0 spiro atoms. The monoisotopic (exact) mass is 421 g/mol. The number of thioether (sulfide) groups is 1. The van der Waals surface area contributed by atoms with Crippen molar-refractivity contribution in [1.29, 1.82) is 0 Å². The number of carbonyl (C=O) groups excluding carboxylic acids is 1. The van der Waals surface area contributed by atoms with Crippen molar-refractivity contribution < 1.29 is 19.4 Å². The topological polar surface area (TPSA) is 66.8 Å². The second-order valence-electron chi connectivity index (χ2n) is 5.58. The molecule has 0 bridgehead atoms. The molecule has 0 aromatic heterocycles. The molecule has 2 unspecified atom stereocenters. The summed E-state index contributed by atoms with van der Waals surface area (Å²) < 4.78 is 5.83. The standard InChI is InChI=1S/C18H16BrNO4S/c1-10-16(21)20(15-8-5-12(19)9-14(15)18(22)23)17(25-10)11-3-6-13(24-2)7-4-11/h3-10,17H,1-2H3,(H,22,23). The lowest BCUT2D eigenvalue weighted by Crippen LogP contribution is -2.31. The first-order valence-electron chi connectivity index (χ1n) is 7.57. The van der Waals surface area contributed by atoms with E-state index in [0.29, 0.717) is 10.2 Å². The molecule has 0 aliphatic carbocycles. The minimum absolute atomic E-state index is 0.0935. The van der Waals surface area contributed by atoms with E-state index in [9.17, 15) is 14.7 Å². The van der Waals surface area contributed by atoms with Crippen molar-refractivity contribution in [3.05, 3.63) is 58.1 Å². The molecule has 3 rings (SSSR count). The zero-order valence-electron chi connectivity index (χ0n) is 13.6. The van der Waals surface area contributed by atoms with Gasteiger partial charge in [0.05, 0.1) is 23.6 Å². The zero-order valence-corrected chi connectivity index (χ0v) is 16.0. The maximum atomic E-state index is 12.7. The minimum Gasteiger partial charge on any atom is -0.497 e. The van der Waals surface area contributed by atoms with E-state index in [4.69, 9.17) is 4.74 Å². The van der Waals surface area contributed by atoms with Gasteiger partial charge in [0.25, 0.3) is 0 Å². The van der Waals surface area contributed by atoms with Crippen molar-refractivity contribution in [2.75, 3.05) is 12.0 Å². The molecule has 25 heavy (non-hydrogen) atoms. The lowest BCUT2D eigenvalue weighted by molar-refractivity contribution is -0.117. The Labute approximate surface area is 158 Å². The summed E-state index contributed by atoms with van der Waals surface area (Å²) in [4.78, 5) is 26.0. The van der Waals surface area contributed by atoms with Gasteiger partial charge in [-0.1, -0.05) is 28.1 Å². The second kappa shape index (κ2) is 7.09. The lowest BCUT2D eigenvalue weighted by atomic mass is 10.1. The normalized spacial score (nSPS) is 20.0. The average Bonchev–Trinajstić information content (AvgIpc) is 2.90. The van der Waals surface area contributed by atoms with E-state index < -0.39 is 5.97 Å². The van der Waals surface area contributed by atoms with Gasteiger partial charge in [-0.15, -0.1) is 11.8 Å². The Morgan fingerprint density at radius 3 is 2.52 bits per heavy atom. The largest absolute Gasteiger partial charge is 0.497 e. The van der Waals surface area contributed by atoms with E-state index in [1.54, 1.807) is 24.1 Å². The van der Waals surface area contributed by atoms with Gasteiger partial charge in [0.2, 0.25) is 5.91 Å². The third-order valence-corrected chi connectivity index (χ3v) is 5.85. The Morgan fingerprint density at radius 1 is 1.24 bits per heavy atom. The highest BCUT2D eigenvalue weighted by Crippen LogP contribution is 2.46. The molecule has 7 heteroatoms. The van der Waals surface area contributed by atoms with Crippen molar-refractivity contribution in [2.24, 2.45) is 0 Å². The number of amides is 1. The number of rotatable bonds is 4. The van der Waals surface area contributed by atoms with Crippen molar-refractivity contribution in [2.45, 2.75) is 17.5 Å². The summed E-state index contributed by atoms with van der Waals surface area (Å²) in [5.74, 6) is -0.440. The fraction of sp³-hybridized carbons (Fsp3) is 0.222. The van der Waals surface area contributed by atoms with Crippen LogP contribution in [0.25, 0.3) is 0 Å². The molecular weight excluding hydrogens is 406 g/mol. The zero-order chi connectivity index (χ0) is 18.1. The molecule has 1 saturated heterocycles. The molecule has 1 heterocycles. The molecule has 2 aromatic carbocycles. The maximum absolute atomic E-state index is 12.7. The summed E-state index contributed by atoms with van der Waals surface area (Å²) in [6.07, 6.45) is 0. The van der Waals surface area contributed by atoms with E-state index in [2.05, 4.69) is 15.9 Å². The van der Waals surface area contributed by atoms with Gasteiger partial charge in [0.1, 0.15) is 11.1 Å². The summed E-state index contributed by atoms with van der Waals surface area (Å²) in [7, 11) is 1.60. The van der Waals surface area contributed by atoms with Crippen LogP contribution in [0.4, 0.5) is 5.69 Å². The summed E-state index contributed by atoms with van der Waals surface area (Å²) in [6.45, 7) is 1.84. The van der Waals surface area contributed by atoms with E-state index in [0.717, 1.165) is 11.3 Å². The molecular formula is C18H16BrNO4S. The number of halogens is 1. The second-order valence-corrected chi connectivity index (χ2v) is 7.92. The molecule has 0 radical (unpaired) electrons. The number of hydrogen-bond donors (Lipinski definition) is 1. The van der Waals surface area contributed by atoms with Crippen molar-refractivity contribution in [3.8, 4) is 5.75 Å². The third-order valence-electron chi connectivity index (χ3n) is 4.00. The SMILES string of the molecule is COc1ccc(C2SC(C)C(=O)N2c2ccc(Br)cc2C(=O)O)cc1. The highest BCUT2D eigenvalue weighted by atomic mass is 79.9. The number of hydrogen-bond acceptors (Lipinski definition) is 4. The number of aromatic carboxylic acids is 1. The van der Waals surface area contributed by atoms with Crippen molar-refractivity contribution in [3.63, 3.8) is 0 Å². The Kier molecular flexibility index (Phi) is 5.06. The van der Waals surface area contributed by atoms with E-state index in [1.807, 2.05) is 31.2 Å². The van der Waals surface area contributed by atoms with Crippen LogP contribution >= 0.6 is 27.7 Å². The predicted molar refractivity (Wildman–Crippen MR) is 101 cm³/mol. The third kappa shape index (κ3) is 3.39. The van der Waals surface area contributed by atoms with E-state index in [1.165, 1.54) is 17.8 Å². The maximum Gasteiger partial charge on any atom is 0.337 e. The van der Waals surface area contributed by atoms with Crippen molar-refractivity contribution in [1.82, 2.24) is 0 Å². The minimum atomic E-state index is -1.07. The predicted octanol–water partition coefficient (Wildman–Crippen LogP) is 4.32. The van der Waals surface area contributed by atoms with Crippen LogP contribution in [0.5, 0.6) is 5.75 Å². The van der Waals surface area contributed by atoms with Gasteiger partial charge in [-0.2, -0.15) is 0 Å². The number of carboxylic acid groups (broad SMARTS) is 1. The fourth-order valence-corrected chi connectivity index (χ4v) is 4.39. The molecule has 2 atom stereocenters. The van der Waals surface area contributed by atoms with Crippen LogP contribution in [-0.2, 0) is 4.79 Å². The quantitative estimate of drug-likeness (QED) is 0.795. The Hall–Kier alpha value is -1.99. The highest BCUT2D eigenvalue weighted by molar-refractivity contribution is 9.10. The van der Waals surface area contributed by atoms with Gasteiger partial charge in [0, 0.05) is 4.47 Å². The molecule has 0 saturated carbocycles. The molecule has 1 fully saturated rings. The number of methoxy groups -OCH3 is 1. The number of ether oxygens (including phenoxy) is 1. The highest BCUT2D eigenvalue weighted by Gasteiger charge is 2.41. The number of carboxylic acids is 1. The van der Waals surface area contributed by atoms with Gasteiger partial charge >= 0.3 is 5.97 Å². The Morgan fingerprint density at radius 2 is 1.92 bits per heavy atom. The number of nitrogens with zero attached hydrogens (tertiary/aromatic N) is 1. The van der Waals surface area contributed by atoms with Crippen LogP contribution in [0, 0.1) is 0 Å². The molecule has 1 amide bonds. The molecule has 5 nitrogen and oxygen atoms in total. The van der Waals surface area contributed by atoms with Crippen LogP contribution in [0.1, 0.15) is 28.2 Å². The molecule has 1 aliphatic heterocycles. The summed E-state index contributed by atoms with van der Waals surface area (Å²) in [6, 6.07) is 12.4. The summed E-state index contributed by atoms with van der Waals surface area (Å²) in [5.41, 5.74) is 1.41. The van der Waals surface area contributed by atoms with Gasteiger partial charge in [-0.3, -0.25) is 9.69 Å². The molecule has 130 valence electrons. The molecule has 1 N–H and O–H groups in total. The summed E-state index contributed by atoms with van der Waals surface area (Å²) in [5, 5.41) is 9.01. The number of benzene rings is 2. The number of carbonyl (C=O) groups is 2. The Bertz CT molecular complexity index is 824. The first kappa shape index (κ1) is 17.8. The van der Waals surface area contributed by atoms with Crippen LogP contribution in [0.2, 0.25) is 0 Å². The lowest BCUT2D eigenvalue weighted by Gasteiger charge is -2.26. The average molecular weight is 422 g/mol. The smallest absolute Gasteiger partial charge is 0.337 e. The van der Waals surface area contributed by atoms with Crippen molar-refractivity contribution >= 4 is 45.3 Å². The first-order valence-corrected chi connectivity index (χ1v) is 9.31. The molecule has 1 aliphatic rings. The van der Waals surface area contributed by atoms with Gasteiger partial charge < -0.3 is 9.84 Å². The van der Waals surface area contributed by atoms with Gasteiger partial charge in [-0.25, -0.2) is 4.79 Å². The molecule has 2 aromatic rings. The van der Waals surface area contributed by atoms with Gasteiger partial charge in [0.15, 0.2) is 0 Å².